The summed E-state index contributed by atoms with van der Waals surface area (Å²) in [5.41, 5.74) is 5.80. The Kier molecular flexibility index (Phi) is 5.34. The van der Waals surface area contributed by atoms with Crippen molar-refractivity contribution in [1.29, 1.82) is 0 Å². The minimum atomic E-state index is -4.28. The molecule has 1 saturated heterocycles. The lowest BCUT2D eigenvalue weighted by Crippen LogP contribution is -2.36. The van der Waals surface area contributed by atoms with E-state index in [0.29, 0.717) is 11.2 Å². The van der Waals surface area contributed by atoms with Crippen molar-refractivity contribution >= 4 is 42.9 Å². The van der Waals surface area contributed by atoms with Crippen LogP contribution in [0.5, 0.6) is 0 Å². The van der Waals surface area contributed by atoms with Gasteiger partial charge in [-0.2, -0.15) is 0 Å². The quantitative estimate of drug-likeness (QED) is 0.427. The maximum absolute atomic E-state index is 11.7. The van der Waals surface area contributed by atoms with Crippen molar-refractivity contribution in [2.45, 2.75) is 36.6 Å². The summed E-state index contributed by atoms with van der Waals surface area (Å²) in [6, 6.07) is 0. The van der Waals surface area contributed by atoms with Crippen LogP contribution in [-0.2, 0) is 30.4 Å². The number of nitrogens with two attached hydrogens (primary N) is 1. The smallest absolute Gasteiger partial charge is 0.328 e. The molecule has 0 amide bonds. The van der Waals surface area contributed by atoms with Gasteiger partial charge in [0.05, 0.1) is 18.1 Å². The monoisotopic (exact) mass is 465 g/mol. The van der Waals surface area contributed by atoms with Crippen LogP contribution in [0.4, 0.5) is 5.82 Å². The highest BCUT2D eigenvalue weighted by Crippen LogP contribution is 2.62. The summed E-state index contributed by atoms with van der Waals surface area (Å²) < 4.78 is 30.8. The second-order valence-electron chi connectivity index (χ2n) is 7.20. The lowest BCUT2D eigenvalue weighted by atomic mass is 10.1. The number of anilines is 1. The van der Waals surface area contributed by atoms with Gasteiger partial charge in [0.25, 0.3) is 0 Å². The van der Waals surface area contributed by atoms with Gasteiger partial charge in [-0.15, -0.1) is 0 Å². The van der Waals surface area contributed by atoms with E-state index in [0.717, 1.165) is 0 Å². The largest absolute Gasteiger partial charge is 0.382 e. The van der Waals surface area contributed by atoms with Crippen molar-refractivity contribution in [3.63, 3.8) is 0 Å². The van der Waals surface area contributed by atoms with Crippen molar-refractivity contribution in [1.82, 2.24) is 19.5 Å². The number of aromatic nitrogens is 4. The normalized spacial score (nSPS) is 34.4. The zero-order valence-corrected chi connectivity index (χ0v) is 18.1. The van der Waals surface area contributed by atoms with E-state index in [-0.39, 0.29) is 12.2 Å². The van der Waals surface area contributed by atoms with E-state index in [1.807, 2.05) is 0 Å². The number of hydrogen-bond donors (Lipinski definition) is 4. The summed E-state index contributed by atoms with van der Waals surface area (Å²) in [5, 5.41) is 0. The summed E-state index contributed by atoms with van der Waals surface area (Å²) >= 11 is 5.04. The molecule has 1 saturated carbocycles. The molecule has 0 aromatic carbocycles. The molecule has 160 valence electrons. The zero-order chi connectivity index (χ0) is 21.1. The average Bonchev–Trinajstić information content (AvgIpc) is 3.18. The molecular formula is C14H21N5O7P2S. The van der Waals surface area contributed by atoms with Crippen LogP contribution in [0.2, 0.25) is 0 Å². The van der Waals surface area contributed by atoms with Crippen LogP contribution < -0.4 is 5.73 Å². The molecule has 2 aromatic rings. The number of fused-ring (bicyclic) bond motifs is 1. The van der Waals surface area contributed by atoms with Crippen LogP contribution in [0.1, 0.15) is 12.6 Å². The molecule has 3 heterocycles. The van der Waals surface area contributed by atoms with E-state index < -0.39 is 50.2 Å². The van der Waals surface area contributed by atoms with Crippen LogP contribution >= 0.6 is 14.1 Å². The van der Waals surface area contributed by atoms with E-state index in [4.69, 9.17) is 31.5 Å². The van der Waals surface area contributed by atoms with Crippen molar-refractivity contribution in [2.75, 3.05) is 19.5 Å². The van der Waals surface area contributed by atoms with Gasteiger partial charge in [-0.05, 0) is 18.2 Å². The fourth-order valence-corrected chi connectivity index (χ4v) is 6.00. The number of imidazole rings is 1. The SMILES string of the molecule is CO[C@H]1[C@@H](OP(C)(O)=S)[C@@H](C2CC2P(=O)(O)O)O[C@H]1n1cnc2c(N)ncnc21. The molecule has 12 nitrogen and oxygen atoms in total. The van der Waals surface area contributed by atoms with Crippen LogP contribution in [0.3, 0.4) is 0 Å². The summed E-state index contributed by atoms with van der Waals surface area (Å²) in [4.78, 5) is 41.5. The van der Waals surface area contributed by atoms with Crippen molar-refractivity contribution in [2.24, 2.45) is 5.92 Å². The molecule has 29 heavy (non-hydrogen) atoms. The Morgan fingerprint density at radius 1 is 1.31 bits per heavy atom. The van der Waals surface area contributed by atoms with Crippen molar-refractivity contribution in [3.8, 4) is 0 Å². The van der Waals surface area contributed by atoms with Gasteiger partial charge in [0.15, 0.2) is 24.2 Å². The molecule has 0 spiro atoms. The van der Waals surface area contributed by atoms with Gasteiger partial charge in [0.1, 0.15) is 24.1 Å². The third-order valence-electron chi connectivity index (χ3n) is 5.13. The molecule has 4 rings (SSSR count). The lowest BCUT2D eigenvalue weighted by molar-refractivity contribution is -0.0525. The predicted octanol–water partition coefficient (Wildman–Crippen LogP) is 0.204. The molecule has 5 N–H and O–H groups in total. The van der Waals surface area contributed by atoms with E-state index in [1.165, 1.54) is 26.4 Å². The van der Waals surface area contributed by atoms with E-state index in [9.17, 15) is 19.2 Å². The third-order valence-corrected chi connectivity index (χ3v) is 7.49. The Morgan fingerprint density at radius 3 is 2.62 bits per heavy atom. The van der Waals surface area contributed by atoms with Gasteiger partial charge in [0, 0.05) is 19.7 Å². The summed E-state index contributed by atoms with van der Waals surface area (Å²) in [6.07, 6.45) is -0.0503. The van der Waals surface area contributed by atoms with Crippen molar-refractivity contribution in [3.05, 3.63) is 12.7 Å². The molecular weight excluding hydrogens is 444 g/mol. The molecule has 0 bridgehead atoms. The molecule has 15 heteroatoms. The number of ether oxygens (including phenoxy) is 2. The number of hydrogen-bond acceptors (Lipinski definition) is 9. The van der Waals surface area contributed by atoms with Gasteiger partial charge in [-0.3, -0.25) is 9.13 Å². The zero-order valence-electron chi connectivity index (χ0n) is 15.5. The highest BCUT2D eigenvalue weighted by molar-refractivity contribution is 8.09. The average molecular weight is 465 g/mol. The maximum Gasteiger partial charge on any atom is 0.328 e. The van der Waals surface area contributed by atoms with Gasteiger partial charge in [-0.1, -0.05) is 0 Å². The van der Waals surface area contributed by atoms with Gasteiger partial charge in [-0.25, -0.2) is 15.0 Å². The summed E-state index contributed by atoms with van der Waals surface area (Å²) in [5.74, 6) is -0.257. The Bertz CT molecular complexity index is 1020. The molecule has 1 aliphatic heterocycles. The molecule has 3 unspecified atom stereocenters. The second-order valence-corrected chi connectivity index (χ2v) is 12.9. The van der Waals surface area contributed by atoms with Crippen LogP contribution in [0.15, 0.2) is 12.7 Å². The first-order valence-electron chi connectivity index (χ1n) is 8.66. The predicted molar refractivity (Wildman–Crippen MR) is 106 cm³/mol. The molecule has 2 aromatic heterocycles. The van der Waals surface area contributed by atoms with E-state index in [1.54, 1.807) is 4.57 Å². The summed E-state index contributed by atoms with van der Waals surface area (Å²) in [6.45, 7) is -1.73. The molecule has 0 radical (unpaired) electrons. The van der Waals surface area contributed by atoms with Crippen LogP contribution in [-0.4, -0.2) is 71.9 Å². The third kappa shape index (κ3) is 3.99. The highest BCUT2D eigenvalue weighted by atomic mass is 32.5. The molecule has 1 aliphatic carbocycles. The van der Waals surface area contributed by atoms with Gasteiger partial charge < -0.3 is 34.4 Å². The number of methoxy groups -OCH3 is 1. The first kappa shape index (κ1) is 21.2. The highest BCUT2D eigenvalue weighted by Gasteiger charge is 2.61. The van der Waals surface area contributed by atoms with Gasteiger partial charge in [0.2, 0.25) is 0 Å². The first-order chi connectivity index (χ1) is 13.5. The molecule has 7 atom stereocenters. The number of nitrogen functional groups attached to an aromatic ring is 1. The molecule has 2 aliphatic rings. The first-order valence-corrected chi connectivity index (χ1v) is 13.5. The van der Waals surface area contributed by atoms with Crippen LogP contribution in [0.25, 0.3) is 11.2 Å². The van der Waals surface area contributed by atoms with Crippen LogP contribution in [0, 0.1) is 5.92 Å². The summed E-state index contributed by atoms with van der Waals surface area (Å²) in [7, 11) is -2.83. The van der Waals surface area contributed by atoms with E-state index >= 15 is 0 Å². The van der Waals surface area contributed by atoms with E-state index in [2.05, 4.69) is 15.0 Å². The second kappa shape index (κ2) is 7.30. The number of nitrogens with zero attached hydrogens (tertiary/aromatic N) is 4. The lowest BCUT2D eigenvalue weighted by Gasteiger charge is -2.26. The Hall–Kier alpha value is -1.01. The van der Waals surface area contributed by atoms with Gasteiger partial charge >= 0.3 is 7.60 Å². The maximum atomic E-state index is 11.7. The Labute approximate surface area is 170 Å². The minimum Gasteiger partial charge on any atom is -0.382 e. The fraction of sp³-hybridized carbons (Fsp3) is 0.643. The topological polar surface area (TPSA) is 175 Å². The standard InChI is InChI=1S/C14H21N5O7P2S/c1-24-11-10(26-27(2,20)29)9(6-3-7(6)28(21,22)23)25-14(11)19-5-18-8-12(15)16-4-17-13(8)19/h4-7,9-11,14H,3H2,1-2H3,(H,20,29)(H2,15,16,17)(H2,21,22,23)/t6?,7?,9-,10+,11+,14-,27?/m1/s1. The minimum absolute atomic E-state index is 0.202. The van der Waals surface area contributed by atoms with Crippen molar-refractivity contribution < 1.29 is 33.2 Å². The number of rotatable bonds is 6. The Balaban J connectivity index is 1.72. The molecule has 2 fully saturated rings. The fourth-order valence-electron chi connectivity index (χ4n) is 3.83. The Morgan fingerprint density at radius 2 is 2.03 bits per heavy atom.